The number of fused-ring (bicyclic) bond motifs is 1. The van der Waals surface area contributed by atoms with Crippen LogP contribution in [-0.4, -0.2) is 47.6 Å². The van der Waals surface area contributed by atoms with Crippen LogP contribution in [0.3, 0.4) is 0 Å². The molecule has 2 aromatic rings. The SMILES string of the molecule is O=C(NCCOCCO)c1[nH]nc2c(F)cccc12. The Morgan fingerprint density at radius 3 is 3.11 bits per heavy atom. The van der Waals surface area contributed by atoms with Crippen molar-refractivity contribution in [3.63, 3.8) is 0 Å². The quantitative estimate of drug-likeness (QED) is 0.663. The Hall–Kier alpha value is -1.99. The Morgan fingerprint density at radius 1 is 1.47 bits per heavy atom. The van der Waals surface area contributed by atoms with Crippen LogP contribution in [0.25, 0.3) is 10.9 Å². The van der Waals surface area contributed by atoms with Crippen LogP contribution in [-0.2, 0) is 4.74 Å². The third-order valence-electron chi connectivity index (χ3n) is 2.53. The van der Waals surface area contributed by atoms with Crippen LogP contribution in [0.1, 0.15) is 10.5 Å². The molecule has 1 amide bonds. The van der Waals surface area contributed by atoms with E-state index < -0.39 is 5.82 Å². The van der Waals surface area contributed by atoms with Crippen LogP contribution in [0.15, 0.2) is 18.2 Å². The molecule has 0 unspecified atom stereocenters. The van der Waals surface area contributed by atoms with E-state index in [9.17, 15) is 9.18 Å². The maximum Gasteiger partial charge on any atom is 0.270 e. The Balaban J connectivity index is 2.00. The molecule has 6 nitrogen and oxygen atoms in total. The second-order valence-corrected chi connectivity index (χ2v) is 3.83. The Bertz CT molecular complexity index is 570. The molecule has 0 atom stereocenters. The average Bonchev–Trinajstić information content (AvgIpc) is 2.84. The summed E-state index contributed by atoms with van der Waals surface area (Å²) in [5.41, 5.74) is 0.362. The highest BCUT2D eigenvalue weighted by Gasteiger charge is 2.14. The molecule has 0 bridgehead atoms. The highest BCUT2D eigenvalue weighted by atomic mass is 19.1. The molecule has 3 N–H and O–H groups in total. The summed E-state index contributed by atoms with van der Waals surface area (Å²) >= 11 is 0. The number of ether oxygens (including phenoxy) is 1. The van der Waals surface area contributed by atoms with E-state index in [1.165, 1.54) is 12.1 Å². The van der Waals surface area contributed by atoms with Crippen molar-refractivity contribution in [1.29, 1.82) is 0 Å². The van der Waals surface area contributed by atoms with E-state index in [-0.39, 0.29) is 30.3 Å². The lowest BCUT2D eigenvalue weighted by molar-refractivity contribution is 0.0836. The summed E-state index contributed by atoms with van der Waals surface area (Å²) in [5, 5.41) is 17.9. The number of amides is 1. The minimum Gasteiger partial charge on any atom is -0.394 e. The van der Waals surface area contributed by atoms with Crippen molar-refractivity contribution in [3.8, 4) is 0 Å². The van der Waals surface area contributed by atoms with Crippen molar-refractivity contribution in [2.45, 2.75) is 0 Å². The van der Waals surface area contributed by atoms with Gasteiger partial charge in [-0.2, -0.15) is 5.10 Å². The fourth-order valence-electron chi connectivity index (χ4n) is 1.67. The minimum atomic E-state index is -0.473. The molecule has 2 rings (SSSR count). The van der Waals surface area contributed by atoms with Crippen molar-refractivity contribution in [3.05, 3.63) is 29.7 Å². The first-order chi connectivity index (χ1) is 9.24. The van der Waals surface area contributed by atoms with Crippen LogP contribution in [0.4, 0.5) is 4.39 Å². The van der Waals surface area contributed by atoms with Crippen LogP contribution in [0.2, 0.25) is 0 Å². The zero-order valence-corrected chi connectivity index (χ0v) is 10.1. The summed E-state index contributed by atoms with van der Waals surface area (Å²) in [5.74, 6) is -0.847. The summed E-state index contributed by atoms with van der Waals surface area (Å²) in [7, 11) is 0. The second kappa shape index (κ2) is 6.26. The molecule has 0 saturated carbocycles. The first-order valence-electron chi connectivity index (χ1n) is 5.83. The maximum absolute atomic E-state index is 13.4. The van der Waals surface area contributed by atoms with Gasteiger partial charge in [-0.15, -0.1) is 0 Å². The highest BCUT2D eigenvalue weighted by Crippen LogP contribution is 2.18. The lowest BCUT2D eigenvalue weighted by Gasteiger charge is -2.04. The second-order valence-electron chi connectivity index (χ2n) is 3.83. The molecule has 102 valence electrons. The number of aromatic nitrogens is 2. The lowest BCUT2D eigenvalue weighted by Crippen LogP contribution is -2.28. The Labute approximate surface area is 108 Å². The number of benzene rings is 1. The molecule has 7 heteroatoms. The standard InChI is InChI=1S/C12H14FN3O3/c13-9-3-1-2-8-10(9)15-16-11(8)12(18)14-4-6-19-7-5-17/h1-3,17H,4-7H2,(H,14,18)(H,15,16). The fraction of sp³-hybridized carbons (Fsp3) is 0.333. The van der Waals surface area contributed by atoms with Gasteiger partial charge >= 0.3 is 0 Å². The molecule has 19 heavy (non-hydrogen) atoms. The predicted octanol–water partition coefficient (Wildman–Crippen LogP) is 0.441. The summed E-state index contributed by atoms with van der Waals surface area (Å²) in [6.07, 6.45) is 0. The molecule has 0 aliphatic heterocycles. The number of nitrogens with one attached hydrogen (secondary N) is 2. The van der Waals surface area contributed by atoms with Gasteiger partial charge in [0.25, 0.3) is 5.91 Å². The number of carbonyl (C=O) groups is 1. The number of aliphatic hydroxyl groups excluding tert-OH is 1. The summed E-state index contributed by atoms with van der Waals surface area (Å²) < 4.78 is 18.4. The summed E-state index contributed by atoms with van der Waals surface area (Å²) in [4.78, 5) is 11.9. The van der Waals surface area contributed by atoms with Gasteiger partial charge in [0.2, 0.25) is 0 Å². The number of hydrogen-bond acceptors (Lipinski definition) is 4. The van der Waals surface area contributed by atoms with Gasteiger partial charge in [0, 0.05) is 11.9 Å². The maximum atomic E-state index is 13.4. The third-order valence-corrected chi connectivity index (χ3v) is 2.53. The first-order valence-corrected chi connectivity index (χ1v) is 5.83. The Kier molecular flexibility index (Phi) is 4.43. The summed E-state index contributed by atoms with van der Waals surface area (Å²) in [6, 6.07) is 4.43. The third kappa shape index (κ3) is 3.07. The Morgan fingerprint density at radius 2 is 2.32 bits per heavy atom. The lowest BCUT2D eigenvalue weighted by atomic mass is 10.2. The van der Waals surface area contributed by atoms with E-state index >= 15 is 0 Å². The van der Waals surface area contributed by atoms with Crippen LogP contribution in [0.5, 0.6) is 0 Å². The van der Waals surface area contributed by atoms with Crippen LogP contribution in [0, 0.1) is 5.82 Å². The van der Waals surface area contributed by atoms with E-state index in [0.717, 1.165) is 0 Å². The molecule has 0 aliphatic carbocycles. The molecule has 0 fully saturated rings. The average molecular weight is 267 g/mol. The number of carbonyl (C=O) groups excluding carboxylic acids is 1. The van der Waals surface area contributed by atoms with Crippen molar-refractivity contribution >= 4 is 16.8 Å². The van der Waals surface area contributed by atoms with E-state index in [1.807, 2.05) is 0 Å². The zero-order chi connectivity index (χ0) is 13.7. The molecule has 0 spiro atoms. The van der Waals surface area contributed by atoms with Gasteiger partial charge in [-0.05, 0) is 6.07 Å². The van der Waals surface area contributed by atoms with Gasteiger partial charge < -0.3 is 15.2 Å². The summed E-state index contributed by atoms with van der Waals surface area (Å²) in [6.45, 7) is 0.772. The normalized spacial score (nSPS) is 10.8. The molecular weight excluding hydrogens is 253 g/mol. The number of H-pyrrole nitrogens is 1. The van der Waals surface area contributed by atoms with Gasteiger partial charge in [0.1, 0.15) is 11.2 Å². The van der Waals surface area contributed by atoms with E-state index in [2.05, 4.69) is 15.5 Å². The van der Waals surface area contributed by atoms with Crippen molar-refractivity contribution in [2.24, 2.45) is 0 Å². The van der Waals surface area contributed by atoms with Crippen molar-refractivity contribution < 1.29 is 19.0 Å². The molecule has 1 heterocycles. The molecule has 0 saturated heterocycles. The first kappa shape index (κ1) is 13.4. The largest absolute Gasteiger partial charge is 0.394 e. The number of nitrogens with zero attached hydrogens (tertiary/aromatic N) is 1. The van der Waals surface area contributed by atoms with Crippen molar-refractivity contribution in [2.75, 3.05) is 26.4 Å². The molecular formula is C12H14FN3O3. The van der Waals surface area contributed by atoms with E-state index in [4.69, 9.17) is 9.84 Å². The van der Waals surface area contributed by atoms with E-state index in [0.29, 0.717) is 18.5 Å². The van der Waals surface area contributed by atoms with Crippen LogP contribution < -0.4 is 5.32 Å². The fourth-order valence-corrected chi connectivity index (χ4v) is 1.67. The molecule has 1 aromatic carbocycles. The van der Waals surface area contributed by atoms with Gasteiger partial charge in [-0.3, -0.25) is 9.89 Å². The number of halogens is 1. The monoisotopic (exact) mass is 267 g/mol. The van der Waals surface area contributed by atoms with Gasteiger partial charge in [0.15, 0.2) is 5.82 Å². The molecule has 1 aromatic heterocycles. The number of aromatic amines is 1. The minimum absolute atomic E-state index is 0.0571. The number of hydrogen-bond donors (Lipinski definition) is 3. The smallest absolute Gasteiger partial charge is 0.270 e. The van der Waals surface area contributed by atoms with E-state index in [1.54, 1.807) is 6.07 Å². The number of aliphatic hydroxyl groups is 1. The molecule has 0 radical (unpaired) electrons. The van der Waals surface area contributed by atoms with Gasteiger partial charge in [0.05, 0.1) is 19.8 Å². The predicted molar refractivity (Wildman–Crippen MR) is 66.3 cm³/mol. The number of para-hydroxylation sites is 1. The topological polar surface area (TPSA) is 87.2 Å². The molecule has 0 aliphatic rings. The van der Waals surface area contributed by atoms with Gasteiger partial charge in [-0.25, -0.2) is 4.39 Å². The highest BCUT2D eigenvalue weighted by molar-refractivity contribution is 6.04. The van der Waals surface area contributed by atoms with Crippen molar-refractivity contribution in [1.82, 2.24) is 15.5 Å². The van der Waals surface area contributed by atoms with Crippen LogP contribution >= 0.6 is 0 Å². The zero-order valence-electron chi connectivity index (χ0n) is 10.1. The number of rotatable bonds is 6. The van der Waals surface area contributed by atoms with Gasteiger partial charge in [-0.1, -0.05) is 12.1 Å².